The summed E-state index contributed by atoms with van der Waals surface area (Å²) in [5.74, 6) is 0.463. The molecule has 0 bridgehead atoms. The highest BCUT2D eigenvalue weighted by Crippen LogP contribution is 2.15. The van der Waals surface area contributed by atoms with Crippen LogP contribution in [0.2, 0.25) is 5.28 Å². The van der Waals surface area contributed by atoms with Gasteiger partial charge in [0, 0.05) is 27.3 Å². The molecule has 0 aromatic carbocycles. The van der Waals surface area contributed by atoms with E-state index in [1.165, 1.54) is 0 Å². The smallest absolute Gasteiger partial charge is 0.322 e. The van der Waals surface area contributed by atoms with Crippen LogP contribution in [0.4, 0.5) is 5.95 Å². The van der Waals surface area contributed by atoms with E-state index >= 15 is 0 Å². The molecule has 0 unspecified atom stereocenters. The molecule has 0 saturated heterocycles. The van der Waals surface area contributed by atoms with Crippen LogP contribution in [-0.4, -0.2) is 62.1 Å². The van der Waals surface area contributed by atoms with Gasteiger partial charge in [0.05, 0.1) is 19.8 Å². The second kappa shape index (κ2) is 9.68. The Bertz CT molecular complexity index is 387. The molecule has 1 aromatic heterocycles. The summed E-state index contributed by atoms with van der Waals surface area (Å²) in [6.07, 6.45) is 0.871. The van der Waals surface area contributed by atoms with Crippen molar-refractivity contribution >= 4 is 17.5 Å². The molecule has 0 aliphatic rings. The topological polar surface area (TPSA) is 69.6 Å². The van der Waals surface area contributed by atoms with Gasteiger partial charge in [-0.05, 0) is 18.0 Å². The largest absolute Gasteiger partial charge is 0.463 e. The minimum Gasteiger partial charge on any atom is -0.463 e. The summed E-state index contributed by atoms with van der Waals surface area (Å²) in [7, 11) is 3.29. The third-order valence-electron chi connectivity index (χ3n) is 2.42. The molecule has 0 aliphatic heterocycles. The molecule has 0 saturated carbocycles. The summed E-state index contributed by atoms with van der Waals surface area (Å²) in [4.78, 5) is 14.3. The van der Waals surface area contributed by atoms with Gasteiger partial charge in [-0.25, -0.2) is 0 Å². The fraction of sp³-hybridized carbons (Fsp3) is 0.750. The van der Waals surface area contributed by atoms with E-state index in [1.54, 1.807) is 14.2 Å². The van der Waals surface area contributed by atoms with E-state index in [1.807, 2.05) is 11.8 Å². The SMILES string of the molecule is CCCOc1nc(Cl)nc(N(CCOC)CCOC)n1. The van der Waals surface area contributed by atoms with Crippen molar-refractivity contribution in [3.05, 3.63) is 5.28 Å². The number of methoxy groups -OCH3 is 2. The highest BCUT2D eigenvalue weighted by atomic mass is 35.5. The van der Waals surface area contributed by atoms with Crippen molar-refractivity contribution in [3.8, 4) is 6.01 Å². The van der Waals surface area contributed by atoms with Gasteiger partial charge in [-0.1, -0.05) is 6.92 Å². The van der Waals surface area contributed by atoms with Crippen LogP contribution in [0, 0.1) is 0 Å². The Kier molecular flexibility index (Phi) is 8.17. The van der Waals surface area contributed by atoms with Crippen LogP contribution in [-0.2, 0) is 9.47 Å². The summed E-state index contributed by atoms with van der Waals surface area (Å²) in [6, 6.07) is 0.238. The molecule has 0 fully saturated rings. The molecule has 1 rings (SSSR count). The van der Waals surface area contributed by atoms with Crippen LogP contribution < -0.4 is 9.64 Å². The Hall–Kier alpha value is -1.18. The van der Waals surface area contributed by atoms with Crippen molar-refractivity contribution in [1.29, 1.82) is 0 Å². The first kappa shape index (κ1) is 16.9. The second-order valence-corrected chi connectivity index (χ2v) is 4.35. The molecule has 20 heavy (non-hydrogen) atoms. The van der Waals surface area contributed by atoms with Crippen LogP contribution in [0.5, 0.6) is 6.01 Å². The number of aromatic nitrogens is 3. The lowest BCUT2D eigenvalue weighted by molar-refractivity contribution is 0.189. The summed E-state index contributed by atoms with van der Waals surface area (Å²) in [5.41, 5.74) is 0. The monoisotopic (exact) mass is 304 g/mol. The van der Waals surface area contributed by atoms with E-state index in [-0.39, 0.29) is 11.3 Å². The molecule has 0 N–H and O–H groups in total. The van der Waals surface area contributed by atoms with Crippen molar-refractivity contribution in [1.82, 2.24) is 15.0 Å². The van der Waals surface area contributed by atoms with E-state index in [9.17, 15) is 0 Å². The van der Waals surface area contributed by atoms with E-state index < -0.39 is 0 Å². The van der Waals surface area contributed by atoms with E-state index in [0.717, 1.165) is 6.42 Å². The second-order valence-electron chi connectivity index (χ2n) is 4.01. The normalized spacial score (nSPS) is 10.6. The molecule has 1 aromatic rings. The molecule has 0 aliphatic carbocycles. The number of nitrogens with zero attached hydrogens (tertiary/aromatic N) is 4. The molecule has 0 spiro atoms. The Morgan fingerprint density at radius 3 is 2.20 bits per heavy atom. The quantitative estimate of drug-likeness (QED) is 0.647. The maximum absolute atomic E-state index is 5.91. The van der Waals surface area contributed by atoms with Gasteiger partial charge in [0.15, 0.2) is 0 Å². The lowest BCUT2D eigenvalue weighted by Gasteiger charge is -2.22. The predicted molar refractivity (Wildman–Crippen MR) is 76.6 cm³/mol. The fourth-order valence-corrected chi connectivity index (χ4v) is 1.58. The lowest BCUT2D eigenvalue weighted by atomic mass is 10.5. The number of halogens is 1. The van der Waals surface area contributed by atoms with Crippen LogP contribution in [0.15, 0.2) is 0 Å². The standard InChI is InChI=1S/C12H21ClN4O3/c1-4-7-20-12-15-10(13)14-11(16-12)17(5-8-18-2)6-9-19-3/h4-9H2,1-3H3. The fourth-order valence-electron chi connectivity index (χ4n) is 1.44. The number of hydrogen-bond acceptors (Lipinski definition) is 7. The summed E-state index contributed by atoms with van der Waals surface area (Å²) >= 11 is 5.91. The number of rotatable bonds is 10. The first-order chi connectivity index (χ1) is 9.71. The van der Waals surface area contributed by atoms with Crippen molar-refractivity contribution in [2.45, 2.75) is 13.3 Å². The van der Waals surface area contributed by atoms with Crippen LogP contribution in [0.1, 0.15) is 13.3 Å². The summed E-state index contributed by atoms with van der Waals surface area (Å²) in [6.45, 7) is 4.92. The first-order valence-corrected chi connectivity index (χ1v) is 6.86. The molecule has 0 amide bonds. The zero-order chi connectivity index (χ0) is 14.8. The minimum absolute atomic E-state index is 0.112. The van der Waals surface area contributed by atoms with Gasteiger partial charge >= 0.3 is 6.01 Å². The average Bonchev–Trinajstić information content (AvgIpc) is 2.44. The van der Waals surface area contributed by atoms with Gasteiger partial charge in [-0.2, -0.15) is 15.0 Å². The Morgan fingerprint density at radius 1 is 1.00 bits per heavy atom. The Labute approximate surface area is 124 Å². The lowest BCUT2D eigenvalue weighted by Crippen LogP contribution is -2.32. The molecule has 7 nitrogen and oxygen atoms in total. The van der Waals surface area contributed by atoms with Crippen LogP contribution in [0.25, 0.3) is 0 Å². The van der Waals surface area contributed by atoms with Gasteiger partial charge in [0.2, 0.25) is 11.2 Å². The average molecular weight is 305 g/mol. The zero-order valence-electron chi connectivity index (χ0n) is 12.1. The highest BCUT2D eigenvalue weighted by Gasteiger charge is 2.13. The van der Waals surface area contributed by atoms with E-state index in [2.05, 4.69) is 15.0 Å². The van der Waals surface area contributed by atoms with Crippen molar-refractivity contribution < 1.29 is 14.2 Å². The number of ether oxygens (including phenoxy) is 3. The Morgan fingerprint density at radius 2 is 1.65 bits per heavy atom. The third-order valence-corrected chi connectivity index (χ3v) is 2.59. The molecule has 8 heteroatoms. The van der Waals surface area contributed by atoms with Crippen LogP contribution in [0.3, 0.4) is 0 Å². The number of anilines is 1. The maximum atomic E-state index is 5.91. The molecule has 114 valence electrons. The summed E-state index contributed by atoms with van der Waals surface area (Å²) in [5, 5.41) is 0.112. The van der Waals surface area contributed by atoms with Gasteiger partial charge < -0.3 is 19.1 Å². The van der Waals surface area contributed by atoms with E-state index in [4.69, 9.17) is 25.8 Å². The molecule has 0 atom stereocenters. The van der Waals surface area contributed by atoms with Gasteiger partial charge in [0.1, 0.15) is 0 Å². The van der Waals surface area contributed by atoms with Crippen molar-refractivity contribution in [2.24, 2.45) is 0 Å². The summed E-state index contributed by atoms with van der Waals surface area (Å²) < 4.78 is 15.6. The molecular weight excluding hydrogens is 284 g/mol. The van der Waals surface area contributed by atoms with Gasteiger partial charge in [0.25, 0.3) is 0 Å². The highest BCUT2D eigenvalue weighted by molar-refractivity contribution is 6.28. The van der Waals surface area contributed by atoms with Crippen molar-refractivity contribution in [3.63, 3.8) is 0 Å². The minimum atomic E-state index is 0.112. The zero-order valence-corrected chi connectivity index (χ0v) is 12.9. The molecular formula is C12H21ClN4O3. The first-order valence-electron chi connectivity index (χ1n) is 6.48. The van der Waals surface area contributed by atoms with Crippen LogP contribution >= 0.6 is 11.6 Å². The number of hydrogen-bond donors (Lipinski definition) is 0. The Balaban J connectivity index is 2.83. The molecule has 0 radical (unpaired) electrons. The maximum Gasteiger partial charge on any atom is 0.322 e. The van der Waals surface area contributed by atoms with E-state index in [0.29, 0.717) is 38.9 Å². The van der Waals surface area contributed by atoms with Gasteiger partial charge in [-0.15, -0.1) is 0 Å². The van der Waals surface area contributed by atoms with Gasteiger partial charge in [-0.3, -0.25) is 0 Å². The third kappa shape index (κ3) is 5.85. The van der Waals surface area contributed by atoms with Crippen molar-refractivity contribution in [2.75, 3.05) is 52.0 Å². The molecule has 1 heterocycles. The predicted octanol–water partition coefficient (Wildman–Crippen LogP) is 1.41.